The number of benzene rings is 1. The molecule has 6 rings (SSSR count). The fourth-order valence-electron chi connectivity index (χ4n) is 4.72. The molecule has 0 atom stereocenters. The lowest BCUT2D eigenvalue weighted by Crippen LogP contribution is -2.44. The van der Waals surface area contributed by atoms with Crippen molar-refractivity contribution in [3.63, 3.8) is 0 Å². The van der Waals surface area contributed by atoms with Crippen molar-refractivity contribution in [1.29, 1.82) is 0 Å². The molecule has 0 aliphatic carbocycles. The van der Waals surface area contributed by atoms with Gasteiger partial charge in [0.1, 0.15) is 20.8 Å². The number of nitrogens with one attached hydrogen (secondary N) is 1. The zero-order valence-electron chi connectivity index (χ0n) is 20.8. The maximum absolute atomic E-state index is 5.96. The van der Waals surface area contributed by atoms with Crippen LogP contribution in [0.1, 0.15) is 24.1 Å². The number of thiophene rings is 1. The van der Waals surface area contributed by atoms with E-state index in [0.29, 0.717) is 24.3 Å². The van der Waals surface area contributed by atoms with Gasteiger partial charge in [0, 0.05) is 37.3 Å². The van der Waals surface area contributed by atoms with Crippen molar-refractivity contribution >= 4 is 37.7 Å². The molecule has 1 fully saturated rings. The minimum absolute atomic E-state index is 0.536. The summed E-state index contributed by atoms with van der Waals surface area (Å²) >= 11 is 1.56. The molecule has 1 saturated heterocycles. The van der Waals surface area contributed by atoms with Crippen molar-refractivity contribution in [2.45, 2.75) is 27.7 Å². The molecular formula is C26H27N7O2S. The molecule has 4 aromatic heterocycles. The maximum Gasteiger partial charge on any atom is 0.236 e. The molecular weight excluding hydrogens is 474 g/mol. The standard InChI is InChI=1S/C26H27N7O2S/c1-5-34-24-22-21(29-26(31-24)33-12-10-27-11-13-33)20-14(2)28-23(30-25(20)36-22)18-8-6-17(7-9-18)19-15(3)32-35-16(19)4/h6-9,27H,5,10-13H2,1-4H3. The molecule has 184 valence electrons. The van der Waals surface area contributed by atoms with Gasteiger partial charge in [-0.2, -0.15) is 4.98 Å². The maximum atomic E-state index is 5.96. The van der Waals surface area contributed by atoms with Gasteiger partial charge in [0.25, 0.3) is 0 Å². The second kappa shape index (κ2) is 9.11. The van der Waals surface area contributed by atoms with Crippen LogP contribution in [-0.2, 0) is 0 Å². The van der Waals surface area contributed by atoms with E-state index in [2.05, 4.69) is 27.5 Å². The number of piperazine rings is 1. The third-order valence-corrected chi connectivity index (χ3v) is 7.52. The molecule has 1 aliphatic rings. The second-order valence-corrected chi connectivity index (χ2v) is 9.87. The lowest BCUT2D eigenvalue weighted by molar-refractivity contribution is 0.331. The predicted octanol–water partition coefficient (Wildman–Crippen LogP) is 4.69. The Kier molecular flexibility index (Phi) is 5.77. The van der Waals surface area contributed by atoms with E-state index in [1.807, 2.05) is 39.8 Å². The third kappa shape index (κ3) is 3.86. The zero-order chi connectivity index (χ0) is 24.8. The van der Waals surface area contributed by atoms with E-state index in [0.717, 1.165) is 80.5 Å². The second-order valence-electron chi connectivity index (χ2n) is 8.87. The summed E-state index contributed by atoms with van der Waals surface area (Å²) in [6, 6.07) is 8.22. The largest absolute Gasteiger partial charge is 0.477 e. The Morgan fingerprint density at radius 3 is 2.42 bits per heavy atom. The van der Waals surface area contributed by atoms with Gasteiger partial charge in [0.05, 0.1) is 23.4 Å². The number of nitrogens with zero attached hydrogens (tertiary/aromatic N) is 6. The smallest absolute Gasteiger partial charge is 0.236 e. The summed E-state index contributed by atoms with van der Waals surface area (Å²) < 4.78 is 12.2. The minimum Gasteiger partial charge on any atom is -0.477 e. The van der Waals surface area contributed by atoms with E-state index >= 15 is 0 Å². The minimum atomic E-state index is 0.536. The summed E-state index contributed by atoms with van der Waals surface area (Å²) in [4.78, 5) is 22.7. The Hall–Kier alpha value is -3.63. The Bertz CT molecular complexity index is 1550. The Labute approximate surface area is 212 Å². The molecule has 36 heavy (non-hydrogen) atoms. The SMILES string of the molecule is CCOc1nc(N2CCNCC2)nc2c1sc1nc(-c3ccc(-c4c(C)noc4C)cc3)nc(C)c12. The zero-order valence-corrected chi connectivity index (χ0v) is 21.6. The molecule has 1 aromatic carbocycles. The van der Waals surface area contributed by atoms with Gasteiger partial charge in [0.15, 0.2) is 5.82 Å². The van der Waals surface area contributed by atoms with Gasteiger partial charge < -0.3 is 19.5 Å². The van der Waals surface area contributed by atoms with Gasteiger partial charge in [-0.25, -0.2) is 15.0 Å². The van der Waals surface area contributed by atoms with Crippen molar-refractivity contribution in [2.24, 2.45) is 0 Å². The Balaban J connectivity index is 1.44. The highest BCUT2D eigenvalue weighted by molar-refractivity contribution is 7.25. The number of fused-ring (bicyclic) bond motifs is 3. The lowest BCUT2D eigenvalue weighted by Gasteiger charge is -2.27. The van der Waals surface area contributed by atoms with Crippen molar-refractivity contribution in [3.8, 4) is 28.4 Å². The van der Waals surface area contributed by atoms with Crippen molar-refractivity contribution < 1.29 is 9.26 Å². The summed E-state index contributed by atoms with van der Waals surface area (Å²) in [5.74, 6) is 2.81. The number of hydrogen-bond donors (Lipinski definition) is 1. The fraction of sp³-hybridized carbons (Fsp3) is 0.346. The van der Waals surface area contributed by atoms with Gasteiger partial charge in [-0.05, 0) is 33.3 Å². The van der Waals surface area contributed by atoms with Gasteiger partial charge in [-0.15, -0.1) is 11.3 Å². The monoisotopic (exact) mass is 501 g/mol. The molecule has 1 N–H and O–H groups in total. The van der Waals surface area contributed by atoms with E-state index in [1.165, 1.54) is 0 Å². The van der Waals surface area contributed by atoms with Crippen LogP contribution in [0.15, 0.2) is 28.8 Å². The van der Waals surface area contributed by atoms with Crippen LogP contribution in [0.2, 0.25) is 0 Å². The average molecular weight is 502 g/mol. The van der Waals surface area contributed by atoms with E-state index in [4.69, 9.17) is 29.2 Å². The molecule has 9 nitrogen and oxygen atoms in total. The fourth-order valence-corrected chi connectivity index (χ4v) is 5.83. The molecule has 1 aliphatic heterocycles. The number of aromatic nitrogens is 5. The van der Waals surface area contributed by atoms with Crippen LogP contribution in [-0.4, -0.2) is 57.9 Å². The van der Waals surface area contributed by atoms with Gasteiger partial charge in [-0.1, -0.05) is 29.4 Å². The van der Waals surface area contributed by atoms with E-state index in [-0.39, 0.29) is 0 Å². The van der Waals surface area contributed by atoms with E-state index < -0.39 is 0 Å². The van der Waals surface area contributed by atoms with Gasteiger partial charge >= 0.3 is 0 Å². The lowest BCUT2D eigenvalue weighted by atomic mass is 10.0. The summed E-state index contributed by atoms with van der Waals surface area (Å²) in [6.07, 6.45) is 0. The highest BCUT2D eigenvalue weighted by Gasteiger charge is 2.22. The van der Waals surface area contributed by atoms with Gasteiger partial charge in [0.2, 0.25) is 11.8 Å². The molecule has 5 heterocycles. The molecule has 0 unspecified atom stereocenters. The number of rotatable bonds is 5. The molecule has 0 saturated carbocycles. The van der Waals surface area contributed by atoms with Crippen LogP contribution < -0.4 is 15.0 Å². The van der Waals surface area contributed by atoms with Crippen LogP contribution in [0, 0.1) is 20.8 Å². The Morgan fingerprint density at radius 1 is 0.972 bits per heavy atom. The summed E-state index contributed by atoms with van der Waals surface area (Å²) in [6.45, 7) is 12.0. The molecule has 0 spiro atoms. The highest BCUT2D eigenvalue weighted by atomic mass is 32.1. The third-order valence-electron chi connectivity index (χ3n) is 6.46. The summed E-state index contributed by atoms with van der Waals surface area (Å²) in [7, 11) is 0. The van der Waals surface area contributed by atoms with Crippen LogP contribution in [0.5, 0.6) is 5.88 Å². The number of hydrogen-bond acceptors (Lipinski definition) is 10. The average Bonchev–Trinajstić information content (AvgIpc) is 3.44. The van der Waals surface area contributed by atoms with Crippen LogP contribution in [0.25, 0.3) is 42.9 Å². The number of ether oxygens (including phenoxy) is 1. The number of aryl methyl sites for hydroxylation is 3. The normalized spacial score (nSPS) is 14.2. The van der Waals surface area contributed by atoms with E-state index in [1.54, 1.807) is 11.3 Å². The number of anilines is 1. The van der Waals surface area contributed by atoms with Crippen LogP contribution >= 0.6 is 11.3 Å². The first-order chi connectivity index (χ1) is 17.5. The van der Waals surface area contributed by atoms with Crippen molar-refractivity contribution in [3.05, 3.63) is 41.4 Å². The summed E-state index contributed by atoms with van der Waals surface area (Å²) in [5.41, 5.74) is 5.67. The highest BCUT2D eigenvalue weighted by Crippen LogP contribution is 2.40. The molecule has 10 heteroatoms. The topological polar surface area (TPSA) is 102 Å². The Morgan fingerprint density at radius 2 is 1.72 bits per heavy atom. The first kappa shape index (κ1) is 22.8. The van der Waals surface area contributed by atoms with Gasteiger partial charge in [-0.3, -0.25) is 0 Å². The quantitative estimate of drug-likeness (QED) is 0.367. The molecule has 5 aromatic rings. The first-order valence-electron chi connectivity index (χ1n) is 12.1. The summed E-state index contributed by atoms with van der Waals surface area (Å²) in [5, 5.41) is 8.41. The van der Waals surface area contributed by atoms with Crippen molar-refractivity contribution in [2.75, 3.05) is 37.7 Å². The predicted molar refractivity (Wildman–Crippen MR) is 142 cm³/mol. The van der Waals surface area contributed by atoms with Crippen molar-refractivity contribution in [1.82, 2.24) is 30.4 Å². The van der Waals surface area contributed by atoms with E-state index in [9.17, 15) is 0 Å². The first-order valence-corrected chi connectivity index (χ1v) is 13.0. The molecule has 0 radical (unpaired) electrons. The molecule has 0 bridgehead atoms. The van der Waals surface area contributed by atoms with Crippen LogP contribution in [0.4, 0.5) is 5.95 Å². The van der Waals surface area contributed by atoms with Crippen LogP contribution in [0.3, 0.4) is 0 Å². The molecule has 0 amide bonds.